The summed E-state index contributed by atoms with van der Waals surface area (Å²) >= 11 is 0. The molecule has 94 valence electrons. The Morgan fingerprint density at radius 2 is 2.29 bits per heavy atom. The SMILES string of the molecule is CNCc1ccncc1N1CCN(C)CC1C. The molecule has 2 rings (SSSR count). The van der Waals surface area contributed by atoms with Crippen LogP contribution in [-0.4, -0.2) is 49.7 Å². The fraction of sp³-hybridized carbons (Fsp3) is 0.615. The fourth-order valence-corrected chi connectivity index (χ4v) is 2.51. The Bertz CT molecular complexity index is 366. The topological polar surface area (TPSA) is 31.4 Å². The van der Waals surface area contributed by atoms with E-state index in [2.05, 4.69) is 40.1 Å². The van der Waals surface area contributed by atoms with Crippen LogP contribution in [0, 0.1) is 0 Å². The van der Waals surface area contributed by atoms with Crippen LogP contribution in [0.25, 0.3) is 0 Å². The molecule has 2 heterocycles. The summed E-state index contributed by atoms with van der Waals surface area (Å²) in [6.07, 6.45) is 3.87. The molecule has 0 radical (unpaired) electrons. The van der Waals surface area contributed by atoms with Crippen molar-refractivity contribution in [2.24, 2.45) is 0 Å². The molecule has 1 aliphatic rings. The molecule has 4 nitrogen and oxygen atoms in total. The number of hydrogen-bond donors (Lipinski definition) is 1. The lowest BCUT2D eigenvalue weighted by atomic mass is 10.1. The van der Waals surface area contributed by atoms with E-state index in [0.29, 0.717) is 6.04 Å². The Labute approximate surface area is 104 Å². The molecule has 1 unspecified atom stereocenters. The number of anilines is 1. The lowest BCUT2D eigenvalue weighted by molar-refractivity contribution is 0.275. The third kappa shape index (κ3) is 2.76. The van der Waals surface area contributed by atoms with E-state index in [9.17, 15) is 0 Å². The largest absolute Gasteiger partial charge is 0.365 e. The van der Waals surface area contributed by atoms with Gasteiger partial charge < -0.3 is 15.1 Å². The molecule has 0 saturated carbocycles. The molecule has 0 spiro atoms. The summed E-state index contributed by atoms with van der Waals surface area (Å²) < 4.78 is 0. The van der Waals surface area contributed by atoms with Crippen LogP contribution in [0.4, 0.5) is 5.69 Å². The highest BCUT2D eigenvalue weighted by Crippen LogP contribution is 2.23. The van der Waals surface area contributed by atoms with Gasteiger partial charge in [0.1, 0.15) is 0 Å². The number of nitrogens with zero attached hydrogens (tertiary/aromatic N) is 3. The molecule has 0 aliphatic carbocycles. The van der Waals surface area contributed by atoms with Gasteiger partial charge in [-0.25, -0.2) is 0 Å². The third-order valence-electron chi connectivity index (χ3n) is 3.39. The summed E-state index contributed by atoms with van der Waals surface area (Å²) in [7, 11) is 4.17. The molecule has 1 aromatic rings. The predicted molar refractivity (Wildman–Crippen MR) is 71.3 cm³/mol. The Balaban J connectivity index is 2.21. The van der Waals surface area contributed by atoms with E-state index >= 15 is 0 Å². The molecule has 0 aromatic carbocycles. The lowest BCUT2D eigenvalue weighted by Gasteiger charge is -2.40. The standard InChI is InChI=1S/C13H22N4/c1-11-10-16(3)6-7-17(11)13-9-15-5-4-12(13)8-14-2/h4-5,9,11,14H,6-8,10H2,1-3H3. The van der Waals surface area contributed by atoms with Crippen molar-refractivity contribution in [3.63, 3.8) is 0 Å². The van der Waals surface area contributed by atoms with Crippen LogP contribution in [0.15, 0.2) is 18.5 Å². The minimum Gasteiger partial charge on any atom is -0.365 e. The maximum Gasteiger partial charge on any atom is 0.0601 e. The van der Waals surface area contributed by atoms with Gasteiger partial charge in [0.15, 0.2) is 0 Å². The number of rotatable bonds is 3. The monoisotopic (exact) mass is 234 g/mol. The molecule has 0 bridgehead atoms. The second-order valence-corrected chi connectivity index (χ2v) is 4.84. The highest BCUT2D eigenvalue weighted by Gasteiger charge is 2.23. The van der Waals surface area contributed by atoms with Gasteiger partial charge in [0.25, 0.3) is 0 Å². The van der Waals surface area contributed by atoms with Crippen molar-refractivity contribution in [3.8, 4) is 0 Å². The van der Waals surface area contributed by atoms with Gasteiger partial charge >= 0.3 is 0 Å². The van der Waals surface area contributed by atoms with E-state index in [1.165, 1.54) is 11.3 Å². The second-order valence-electron chi connectivity index (χ2n) is 4.84. The van der Waals surface area contributed by atoms with Gasteiger partial charge in [0, 0.05) is 38.4 Å². The Kier molecular flexibility index (Phi) is 3.97. The van der Waals surface area contributed by atoms with Crippen molar-refractivity contribution in [2.75, 3.05) is 38.6 Å². The van der Waals surface area contributed by atoms with E-state index in [1.54, 1.807) is 0 Å². The van der Waals surface area contributed by atoms with Gasteiger partial charge in [-0.1, -0.05) is 0 Å². The molecule has 4 heteroatoms. The van der Waals surface area contributed by atoms with Gasteiger partial charge in [0.05, 0.1) is 11.9 Å². The van der Waals surface area contributed by atoms with Crippen molar-refractivity contribution in [2.45, 2.75) is 19.5 Å². The molecule has 17 heavy (non-hydrogen) atoms. The van der Waals surface area contributed by atoms with Crippen molar-refractivity contribution >= 4 is 5.69 Å². The van der Waals surface area contributed by atoms with Gasteiger partial charge in [-0.2, -0.15) is 0 Å². The number of pyridine rings is 1. The van der Waals surface area contributed by atoms with Gasteiger partial charge in [0.2, 0.25) is 0 Å². The van der Waals surface area contributed by atoms with Crippen molar-refractivity contribution in [1.29, 1.82) is 0 Å². The smallest absolute Gasteiger partial charge is 0.0601 e. The quantitative estimate of drug-likeness (QED) is 0.843. The van der Waals surface area contributed by atoms with Crippen LogP contribution in [-0.2, 0) is 6.54 Å². The molecule has 1 atom stereocenters. The van der Waals surface area contributed by atoms with Crippen LogP contribution in [0.1, 0.15) is 12.5 Å². The van der Waals surface area contributed by atoms with E-state index in [1.807, 2.05) is 19.4 Å². The summed E-state index contributed by atoms with van der Waals surface area (Å²) in [5.41, 5.74) is 2.61. The van der Waals surface area contributed by atoms with Crippen molar-refractivity contribution < 1.29 is 0 Å². The molecular weight excluding hydrogens is 212 g/mol. The first kappa shape index (κ1) is 12.3. The average Bonchev–Trinajstić information content (AvgIpc) is 2.31. The van der Waals surface area contributed by atoms with Crippen LogP contribution in [0.2, 0.25) is 0 Å². The van der Waals surface area contributed by atoms with Crippen LogP contribution < -0.4 is 10.2 Å². The first-order valence-corrected chi connectivity index (χ1v) is 6.25. The Hall–Kier alpha value is -1.13. The Morgan fingerprint density at radius 3 is 3.00 bits per heavy atom. The number of piperazine rings is 1. The third-order valence-corrected chi connectivity index (χ3v) is 3.39. The summed E-state index contributed by atoms with van der Waals surface area (Å²) in [6.45, 7) is 6.51. The zero-order valence-electron chi connectivity index (χ0n) is 11.0. The maximum atomic E-state index is 4.27. The molecule has 0 amide bonds. The summed E-state index contributed by atoms with van der Waals surface area (Å²) in [4.78, 5) is 9.13. The van der Waals surface area contributed by atoms with Gasteiger partial charge in [-0.05, 0) is 32.6 Å². The number of aromatic nitrogens is 1. The second kappa shape index (κ2) is 5.47. The molecule has 1 saturated heterocycles. The van der Waals surface area contributed by atoms with E-state index in [4.69, 9.17) is 0 Å². The van der Waals surface area contributed by atoms with E-state index in [-0.39, 0.29) is 0 Å². The Morgan fingerprint density at radius 1 is 1.47 bits per heavy atom. The molecule has 1 aromatic heterocycles. The minimum atomic E-state index is 0.550. The summed E-state index contributed by atoms with van der Waals surface area (Å²) in [6, 6.07) is 2.66. The molecule has 1 fully saturated rings. The average molecular weight is 234 g/mol. The first-order chi connectivity index (χ1) is 8.22. The van der Waals surface area contributed by atoms with Crippen molar-refractivity contribution in [1.82, 2.24) is 15.2 Å². The first-order valence-electron chi connectivity index (χ1n) is 6.25. The normalized spacial score (nSPS) is 21.8. The van der Waals surface area contributed by atoms with Gasteiger partial charge in [-0.3, -0.25) is 4.98 Å². The summed E-state index contributed by atoms with van der Waals surface area (Å²) in [5, 5.41) is 3.22. The molecule has 1 aliphatic heterocycles. The number of likely N-dealkylation sites (N-methyl/N-ethyl adjacent to an activating group) is 1. The molecule has 1 N–H and O–H groups in total. The zero-order chi connectivity index (χ0) is 12.3. The summed E-state index contributed by atoms with van der Waals surface area (Å²) in [5.74, 6) is 0. The van der Waals surface area contributed by atoms with Crippen LogP contribution >= 0.6 is 0 Å². The van der Waals surface area contributed by atoms with Crippen LogP contribution in [0.3, 0.4) is 0 Å². The lowest BCUT2D eigenvalue weighted by Crippen LogP contribution is -2.50. The van der Waals surface area contributed by atoms with E-state index in [0.717, 1.165) is 26.2 Å². The van der Waals surface area contributed by atoms with E-state index < -0.39 is 0 Å². The van der Waals surface area contributed by atoms with Gasteiger partial charge in [-0.15, -0.1) is 0 Å². The predicted octanol–water partition coefficient (Wildman–Crippen LogP) is 0.941. The number of hydrogen-bond acceptors (Lipinski definition) is 4. The highest BCUT2D eigenvalue weighted by atomic mass is 15.3. The van der Waals surface area contributed by atoms with Crippen LogP contribution in [0.5, 0.6) is 0 Å². The maximum absolute atomic E-state index is 4.27. The molecular formula is C13H22N4. The highest BCUT2D eigenvalue weighted by molar-refractivity contribution is 5.53. The minimum absolute atomic E-state index is 0.550. The van der Waals surface area contributed by atoms with Crippen molar-refractivity contribution in [3.05, 3.63) is 24.0 Å². The fourth-order valence-electron chi connectivity index (χ4n) is 2.51. The zero-order valence-corrected chi connectivity index (χ0v) is 11.0. The number of nitrogens with one attached hydrogen (secondary N) is 1.